The molecule has 6 rings (SSSR count). The Morgan fingerprint density at radius 2 is 1.50 bits per heavy atom. The number of hydrogen-bond acceptors (Lipinski definition) is 6. The summed E-state index contributed by atoms with van der Waals surface area (Å²) < 4.78 is 39.7. The number of nitrogens with zero attached hydrogens (tertiary/aromatic N) is 2. The zero-order valence-corrected chi connectivity index (χ0v) is 32.0. The average molecular weight is 781 g/mol. The van der Waals surface area contributed by atoms with Crippen LogP contribution in [0.2, 0.25) is 0 Å². The number of aromatic nitrogens is 1. The lowest BCUT2D eigenvalue weighted by Gasteiger charge is -2.29. The number of aliphatic carboxylic acids is 1. The molecule has 2 amide bonds. The normalized spacial score (nSPS) is 13.3. The second kappa shape index (κ2) is 17.5. The van der Waals surface area contributed by atoms with Gasteiger partial charge in [0.15, 0.2) is 0 Å². The summed E-state index contributed by atoms with van der Waals surface area (Å²) in [5.41, 5.74) is 3.78. The zero-order chi connectivity index (χ0) is 39.9. The number of alkyl halides is 3. The predicted octanol–water partition coefficient (Wildman–Crippen LogP) is 9.89. The number of halogens is 3. The second-order valence-electron chi connectivity index (χ2n) is 14.5. The van der Waals surface area contributed by atoms with Crippen LogP contribution in [-0.4, -0.2) is 41.0 Å². The van der Waals surface area contributed by atoms with Crippen LogP contribution < -0.4 is 15.5 Å². The first kappa shape index (κ1) is 40.1. The Hall–Kier alpha value is -5.62. The third kappa shape index (κ3) is 10.4. The van der Waals surface area contributed by atoms with E-state index in [1.54, 1.807) is 37.7 Å². The van der Waals surface area contributed by atoms with Gasteiger partial charge in [0.1, 0.15) is 0 Å². The molecule has 1 fully saturated rings. The zero-order valence-electron chi connectivity index (χ0n) is 31.2. The average Bonchev–Trinajstić information content (AvgIpc) is 3.19. The number of carboxylic acids is 1. The van der Waals surface area contributed by atoms with Crippen molar-refractivity contribution >= 4 is 40.9 Å². The molecule has 0 aliphatic carbocycles. The van der Waals surface area contributed by atoms with Crippen molar-refractivity contribution in [1.82, 2.24) is 10.3 Å². The van der Waals surface area contributed by atoms with E-state index in [1.165, 1.54) is 24.4 Å². The number of carbonyl (C=O) groups excluding carboxylic acids is 2. The molecule has 1 aliphatic rings. The molecule has 1 aliphatic heterocycles. The van der Waals surface area contributed by atoms with Gasteiger partial charge in [0.05, 0.1) is 22.4 Å². The van der Waals surface area contributed by atoms with Crippen LogP contribution in [0.15, 0.2) is 114 Å². The van der Waals surface area contributed by atoms with Crippen molar-refractivity contribution in [3.63, 3.8) is 0 Å². The Labute approximate surface area is 328 Å². The summed E-state index contributed by atoms with van der Waals surface area (Å²) in [6.45, 7) is 5.11. The molecule has 0 bridgehead atoms. The number of pyridine rings is 1. The molecule has 3 N–H and O–H groups in total. The van der Waals surface area contributed by atoms with Gasteiger partial charge in [-0.05, 0) is 123 Å². The fourth-order valence-electron chi connectivity index (χ4n) is 6.56. The van der Waals surface area contributed by atoms with E-state index in [0.717, 1.165) is 66.2 Å². The van der Waals surface area contributed by atoms with Gasteiger partial charge in [-0.2, -0.15) is 13.2 Å². The van der Waals surface area contributed by atoms with Gasteiger partial charge in [0.2, 0.25) is 0 Å². The Morgan fingerprint density at radius 1 is 0.786 bits per heavy atom. The van der Waals surface area contributed by atoms with Crippen LogP contribution in [0.3, 0.4) is 0 Å². The molecule has 5 aromatic rings. The van der Waals surface area contributed by atoms with E-state index in [4.69, 9.17) is 0 Å². The van der Waals surface area contributed by atoms with Crippen LogP contribution in [-0.2, 0) is 29.7 Å². The Morgan fingerprint density at radius 3 is 2.27 bits per heavy atom. The van der Waals surface area contributed by atoms with Crippen molar-refractivity contribution < 1.29 is 32.7 Å². The lowest BCUT2D eigenvalue weighted by Crippen LogP contribution is -2.29. The lowest BCUT2D eigenvalue weighted by atomic mass is 9.86. The molecule has 4 aromatic carbocycles. The smallest absolute Gasteiger partial charge is 0.416 e. The van der Waals surface area contributed by atoms with Crippen molar-refractivity contribution in [2.24, 2.45) is 5.41 Å². The molecule has 2 heterocycles. The van der Waals surface area contributed by atoms with E-state index in [2.05, 4.69) is 20.5 Å². The largest absolute Gasteiger partial charge is 0.481 e. The summed E-state index contributed by atoms with van der Waals surface area (Å²) in [6.07, 6.45) is 0.704. The molecule has 1 aromatic heterocycles. The number of carbonyl (C=O) groups is 3. The number of amides is 2. The second-order valence-corrected chi connectivity index (χ2v) is 15.6. The maximum atomic E-state index is 13.8. The van der Waals surface area contributed by atoms with Gasteiger partial charge >= 0.3 is 12.1 Å². The van der Waals surface area contributed by atoms with Gasteiger partial charge in [0, 0.05) is 58.9 Å². The molecule has 0 atom stereocenters. The Balaban J connectivity index is 1.19. The number of rotatable bonds is 13. The number of hydrogen-bond donors (Lipinski definition) is 3. The fraction of sp³-hybridized carbons (Fsp3) is 0.273. The van der Waals surface area contributed by atoms with Crippen molar-refractivity contribution in [3.05, 3.63) is 143 Å². The number of benzene rings is 4. The standard InChI is InChI=1S/C44H43F3N4O4S/c1-43(2,42(54)55)26-29-9-8-14-36(23-29)56-28-31-11-6-12-32(21-31)41(53)50-38-16-15-35(51-19-4-3-5-20-51)25-37(38)39-24-33(17-18-48-39)40(52)49-27-30-10-7-13-34(22-30)44(45,46)47/h6-18,21-25H,3-5,19-20,26-28H2,1-2H3,(H,49,52)(H,50,53)(H,54,55). The van der Waals surface area contributed by atoms with Crippen LogP contribution in [0.1, 0.15) is 76.1 Å². The molecule has 56 heavy (non-hydrogen) atoms. The summed E-state index contributed by atoms with van der Waals surface area (Å²) in [5.74, 6) is -1.06. The first-order chi connectivity index (χ1) is 26.7. The summed E-state index contributed by atoms with van der Waals surface area (Å²) >= 11 is 1.60. The SMILES string of the molecule is CC(C)(Cc1cccc(SCc2cccc(C(=O)Nc3ccc(N4CCCCC4)cc3-c3cc(C(=O)NCc4cccc(C(F)(F)F)c4)ccn3)c2)c1)C(=O)O. The van der Waals surface area contributed by atoms with Gasteiger partial charge in [-0.15, -0.1) is 11.8 Å². The van der Waals surface area contributed by atoms with Gasteiger partial charge in [-0.25, -0.2) is 0 Å². The first-order valence-electron chi connectivity index (χ1n) is 18.4. The molecule has 0 saturated carbocycles. The third-order valence-corrected chi connectivity index (χ3v) is 10.8. The van der Waals surface area contributed by atoms with Crippen molar-refractivity contribution in [3.8, 4) is 11.3 Å². The topological polar surface area (TPSA) is 112 Å². The first-order valence-corrected chi connectivity index (χ1v) is 19.4. The number of carboxylic acid groups (broad SMARTS) is 1. The van der Waals surface area contributed by atoms with E-state index in [-0.39, 0.29) is 18.0 Å². The molecular weight excluding hydrogens is 738 g/mol. The van der Waals surface area contributed by atoms with E-state index >= 15 is 0 Å². The maximum absolute atomic E-state index is 13.8. The van der Waals surface area contributed by atoms with Crippen LogP contribution >= 0.6 is 11.8 Å². The lowest BCUT2D eigenvalue weighted by molar-refractivity contribution is -0.146. The molecule has 8 nitrogen and oxygen atoms in total. The summed E-state index contributed by atoms with van der Waals surface area (Å²) in [6, 6.07) is 29.0. The highest BCUT2D eigenvalue weighted by Gasteiger charge is 2.30. The van der Waals surface area contributed by atoms with Crippen LogP contribution in [0, 0.1) is 5.41 Å². The molecule has 0 spiro atoms. The summed E-state index contributed by atoms with van der Waals surface area (Å²) in [5, 5.41) is 15.3. The molecule has 12 heteroatoms. The van der Waals surface area contributed by atoms with Gasteiger partial charge in [0.25, 0.3) is 11.8 Å². The molecule has 0 unspecified atom stereocenters. The van der Waals surface area contributed by atoms with E-state index in [9.17, 15) is 32.7 Å². The van der Waals surface area contributed by atoms with Crippen LogP contribution in [0.5, 0.6) is 0 Å². The minimum atomic E-state index is -4.49. The predicted molar refractivity (Wildman–Crippen MR) is 214 cm³/mol. The van der Waals surface area contributed by atoms with Gasteiger partial charge in [-0.3, -0.25) is 19.4 Å². The summed E-state index contributed by atoms with van der Waals surface area (Å²) in [7, 11) is 0. The molecule has 1 saturated heterocycles. The number of nitrogens with one attached hydrogen (secondary N) is 2. The quantitative estimate of drug-likeness (QED) is 0.102. The number of anilines is 2. The van der Waals surface area contributed by atoms with Crippen LogP contribution in [0.25, 0.3) is 11.3 Å². The monoisotopic (exact) mass is 780 g/mol. The van der Waals surface area contributed by atoms with E-state index in [0.29, 0.717) is 40.2 Å². The molecule has 0 radical (unpaired) electrons. The highest BCUT2D eigenvalue weighted by molar-refractivity contribution is 7.98. The van der Waals surface area contributed by atoms with Crippen molar-refractivity contribution in [2.75, 3.05) is 23.3 Å². The number of piperidine rings is 1. The third-order valence-electron chi connectivity index (χ3n) is 9.70. The van der Waals surface area contributed by atoms with Gasteiger partial charge in [-0.1, -0.05) is 36.4 Å². The van der Waals surface area contributed by atoms with Crippen molar-refractivity contribution in [2.45, 2.75) is 62.9 Å². The van der Waals surface area contributed by atoms with E-state index in [1.807, 2.05) is 60.7 Å². The van der Waals surface area contributed by atoms with Crippen molar-refractivity contribution in [1.29, 1.82) is 0 Å². The van der Waals surface area contributed by atoms with E-state index < -0.39 is 29.0 Å². The minimum absolute atomic E-state index is 0.0960. The molecule has 290 valence electrons. The highest BCUT2D eigenvalue weighted by atomic mass is 32.2. The summed E-state index contributed by atoms with van der Waals surface area (Å²) in [4.78, 5) is 46.5. The highest BCUT2D eigenvalue weighted by Crippen LogP contribution is 2.34. The Kier molecular flexibility index (Phi) is 12.5. The Bertz CT molecular complexity index is 2220. The maximum Gasteiger partial charge on any atom is 0.416 e. The van der Waals surface area contributed by atoms with Gasteiger partial charge < -0.3 is 20.6 Å². The minimum Gasteiger partial charge on any atom is -0.481 e. The van der Waals surface area contributed by atoms with Crippen LogP contribution in [0.4, 0.5) is 24.5 Å². The molecular formula is C44H43F3N4O4S. The number of thioether (sulfide) groups is 1. The fourth-order valence-corrected chi connectivity index (χ4v) is 7.48.